The lowest BCUT2D eigenvalue weighted by atomic mass is 10.2. The summed E-state index contributed by atoms with van der Waals surface area (Å²) in [6.07, 6.45) is 3.92. The highest BCUT2D eigenvalue weighted by atomic mass is 32.2. The van der Waals surface area contributed by atoms with E-state index in [1.807, 2.05) is 19.1 Å². The van der Waals surface area contributed by atoms with Crippen molar-refractivity contribution in [1.29, 1.82) is 0 Å². The molecular weight excluding hydrogens is 302 g/mol. The zero-order chi connectivity index (χ0) is 15.8. The average Bonchev–Trinajstić information content (AvgIpc) is 3.04. The number of sulfonamides is 1. The molecule has 0 amide bonds. The van der Waals surface area contributed by atoms with E-state index in [0.29, 0.717) is 31.1 Å². The maximum atomic E-state index is 12.1. The lowest BCUT2D eigenvalue weighted by Gasteiger charge is -2.10. The minimum Gasteiger partial charge on any atom is -0.379 e. The summed E-state index contributed by atoms with van der Waals surface area (Å²) >= 11 is 0. The summed E-state index contributed by atoms with van der Waals surface area (Å²) in [6.45, 7) is 4.38. The van der Waals surface area contributed by atoms with Crippen molar-refractivity contribution >= 4 is 10.0 Å². The van der Waals surface area contributed by atoms with Gasteiger partial charge in [0.1, 0.15) is 0 Å². The van der Waals surface area contributed by atoms with Gasteiger partial charge in [-0.3, -0.25) is 0 Å². The monoisotopic (exact) mass is 327 g/mol. The van der Waals surface area contributed by atoms with Gasteiger partial charge in [0, 0.05) is 19.8 Å². The molecule has 1 heterocycles. The van der Waals surface area contributed by atoms with E-state index in [2.05, 4.69) is 4.72 Å². The largest absolute Gasteiger partial charge is 0.379 e. The second-order valence-corrected chi connectivity index (χ2v) is 7.23. The highest BCUT2D eigenvalue weighted by Gasteiger charge is 2.15. The third kappa shape index (κ3) is 5.35. The first-order valence-corrected chi connectivity index (χ1v) is 9.38. The van der Waals surface area contributed by atoms with Crippen molar-refractivity contribution in [2.75, 3.05) is 26.4 Å². The minimum absolute atomic E-state index is 0.216. The molecule has 6 heteroatoms. The van der Waals surface area contributed by atoms with Crippen molar-refractivity contribution in [1.82, 2.24) is 4.72 Å². The van der Waals surface area contributed by atoms with Gasteiger partial charge in [-0.2, -0.15) is 0 Å². The van der Waals surface area contributed by atoms with Crippen molar-refractivity contribution in [2.45, 2.75) is 43.6 Å². The Morgan fingerprint density at radius 3 is 2.73 bits per heavy atom. The Hall–Kier alpha value is -0.950. The maximum absolute atomic E-state index is 12.1. The van der Waals surface area contributed by atoms with Crippen LogP contribution in [0.1, 0.15) is 31.7 Å². The molecule has 0 bridgehead atoms. The Morgan fingerprint density at radius 1 is 1.32 bits per heavy atom. The van der Waals surface area contributed by atoms with E-state index in [1.54, 1.807) is 12.1 Å². The Bertz CT molecular complexity index is 536. The van der Waals surface area contributed by atoms with Gasteiger partial charge in [0.15, 0.2) is 0 Å². The van der Waals surface area contributed by atoms with Crippen LogP contribution in [0, 0.1) is 0 Å². The van der Waals surface area contributed by atoms with Crippen LogP contribution in [-0.4, -0.2) is 40.9 Å². The molecule has 0 aromatic heterocycles. The molecule has 1 fully saturated rings. The van der Waals surface area contributed by atoms with Gasteiger partial charge in [-0.25, -0.2) is 13.1 Å². The number of benzene rings is 1. The molecular formula is C16H25NO4S. The Morgan fingerprint density at radius 2 is 2.09 bits per heavy atom. The molecule has 0 saturated carbocycles. The van der Waals surface area contributed by atoms with E-state index < -0.39 is 10.0 Å². The molecule has 1 saturated heterocycles. The van der Waals surface area contributed by atoms with Gasteiger partial charge in [-0.05, 0) is 43.4 Å². The first-order valence-electron chi connectivity index (χ1n) is 7.90. The van der Waals surface area contributed by atoms with Gasteiger partial charge in [-0.1, -0.05) is 19.1 Å². The average molecular weight is 327 g/mol. The van der Waals surface area contributed by atoms with E-state index in [4.69, 9.17) is 9.47 Å². The van der Waals surface area contributed by atoms with Gasteiger partial charge in [0.05, 0.1) is 17.6 Å². The molecule has 1 aliphatic rings. The van der Waals surface area contributed by atoms with Crippen molar-refractivity contribution in [2.24, 2.45) is 0 Å². The zero-order valence-electron chi connectivity index (χ0n) is 13.1. The van der Waals surface area contributed by atoms with Crippen LogP contribution in [0.15, 0.2) is 29.2 Å². The van der Waals surface area contributed by atoms with Crippen molar-refractivity contribution in [3.63, 3.8) is 0 Å². The van der Waals surface area contributed by atoms with E-state index in [1.165, 1.54) is 0 Å². The number of nitrogens with one attached hydrogen (secondary N) is 1. The normalized spacial score (nSPS) is 18.7. The predicted molar refractivity (Wildman–Crippen MR) is 85.4 cm³/mol. The summed E-state index contributed by atoms with van der Waals surface area (Å²) in [5.41, 5.74) is 1.13. The standard InChI is InChI=1S/C16H25NO4S/c1-2-14-6-8-16(9-7-14)22(18,19)17-10-4-11-20-13-15-5-3-12-21-15/h6-9,15,17H,2-5,10-13H2,1H3. The summed E-state index contributed by atoms with van der Waals surface area (Å²) in [6, 6.07) is 6.99. The number of rotatable bonds is 9. The van der Waals surface area contributed by atoms with E-state index in [0.717, 1.165) is 31.4 Å². The summed E-state index contributed by atoms with van der Waals surface area (Å²) in [4.78, 5) is 0.310. The molecule has 1 unspecified atom stereocenters. The van der Waals surface area contributed by atoms with Crippen molar-refractivity contribution in [3.8, 4) is 0 Å². The number of hydrogen-bond acceptors (Lipinski definition) is 4. The number of hydrogen-bond donors (Lipinski definition) is 1. The predicted octanol–water partition coefficient (Wildman–Crippen LogP) is 2.11. The van der Waals surface area contributed by atoms with Crippen LogP contribution in [0.2, 0.25) is 0 Å². The van der Waals surface area contributed by atoms with E-state index >= 15 is 0 Å². The molecule has 1 aromatic carbocycles. The third-order valence-corrected chi connectivity index (χ3v) is 5.20. The quantitative estimate of drug-likeness (QED) is 0.706. The molecule has 2 rings (SSSR count). The van der Waals surface area contributed by atoms with Crippen LogP contribution in [-0.2, 0) is 25.9 Å². The first kappa shape index (κ1) is 17.4. The number of aryl methyl sites for hydroxylation is 1. The van der Waals surface area contributed by atoms with Crippen LogP contribution < -0.4 is 4.72 Å². The molecule has 1 N–H and O–H groups in total. The number of ether oxygens (including phenoxy) is 2. The maximum Gasteiger partial charge on any atom is 0.240 e. The SMILES string of the molecule is CCc1ccc(S(=O)(=O)NCCCOCC2CCCO2)cc1. The van der Waals surface area contributed by atoms with E-state index in [-0.39, 0.29) is 6.10 Å². The fourth-order valence-corrected chi connectivity index (χ4v) is 3.43. The Labute approximate surface area is 133 Å². The molecule has 0 aliphatic carbocycles. The fraction of sp³-hybridized carbons (Fsp3) is 0.625. The van der Waals surface area contributed by atoms with Gasteiger partial charge in [-0.15, -0.1) is 0 Å². The third-order valence-electron chi connectivity index (χ3n) is 3.73. The van der Waals surface area contributed by atoms with Crippen LogP contribution in [0.5, 0.6) is 0 Å². The first-order chi connectivity index (χ1) is 10.6. The van der Waals surface area contributed by atoms with Gasteiger partial charge >= 0.3 is 0 Å². The summed E-state index contributed by atoms with van der Waals surface area (Å²) < 4.78 is 37.8. The van der Waals surface area contributed by atoms with Gasteiger partial charge in [0.25, 0.3) is 0 Å². The van der Waals surface area contributed by atoms with Crippen LogP contribution in [0.4, 0.5) is 0 Å². The van der Waals surface area contributed by atoms with Crippen LogP contribution in [0.3, 0.4) is 0 Å². The molecule has 0 radical (unpaired) electrons. The van der Waals surface area contributed by atoms with Gasteiger partial charge < -0.3 is 9.47 Å². The topological polar surface area (TPSA) is 64.6 Å². The summed E-state index contributed by atoms with van der Waals surface area (Å²) in [5, 5.41) is 0. The second kappa shape index (κ2) is 8.62. The molecule has 22 heavy (non-hydrogen) atoms. The Kier molecular flexibility index (Phi) is 6.82. The summed E-state index contributed by atoms with van der Waals surface area (Å²) in [7, 11) is -3.42. The molecule has 1 aromatic rings. The molecule has 0 spiro atoms. The minimum atomic E-state index is -3.42. The zero-order valence-corrected chi connectivity index (χ0v) is 13.9. The lowest BCUT2D eigenvalue weighted by molar-refractivity contribution is 0.0169. The van der Waals surface area contributed by atoms with E-state index in [9.17, 15) is 8.42 Å². The molecule has 124 valence electrons. The molecule has 1 aliphatic heterocycles. The van der Waals surface area contributed by atoms with Crippen LogP contribution in [0.25, 0.3) is 0 Å². The Balaban J connectivity index is 1.66. The van der Waals surface area contributed by atoms with Crippen molar-refractivity contribution in [3.05, 3.63) is 29.8 Å². The lowest BCUT2D eigenvalue weighted by Crippen LogP contribution is -2.26. The highest BCUT2D eigenvalue weighted by molar-refractivity contribution is 7.89. The van der Waals surface area contributed by atoms with Crippen molar-refractivity contribution < 1.29 is 17.9 Å². The van der Waals surface area contributed by atoms with Crippen LogP contribution >= 0.6 is 0 Å². The fourth-order valence-electron chi connectivity index (χ4n) is 2.36. The summed E-state index contributed by atoms with van der Waals surface area (Å²) in [5.74, 6) is 0. The molecule has 1 atom stereocenters. The smallest absolute Gasteiger partial charge is 0.240 e. The molecule has 5 nitrogen and oxygen atoms in total. The highest BCUT2D eigenvalue weighted by Crippen LogP contribution is 2.12. The second-order valence-electron chi connectivity index (χ2n) is 5.46. The van der Waals surface area contributed by atoms with Gasteiger partial charge in [0.2, 0.25) is 10.0 Å².